The fourth-order valence-electron chi connectivity index (χ4n) is 5.62. The Balaban J connectivity index is 0.000000167. The lowest BCUT2D eigenvalue weighted by atomic mass is 10.0. The monoisotopic (exact) mass is 732 g/mol. The van der Waals surface area contributed by atoms with Crippen LogP contribution >= 0.6 is 0 Å². The van der Waals surface area contributed by atoms with Gasteiger partial charge >= 0.3 is 12.2 Å². The van der Waals surface area contributed by atoms with Crippen molar-refractivity contribution >= 4 is 45.1 Å². The summed E-state index contributed by atoms with van der Waals surface area (Å²) in [6.07, 6.45) is -5.53. The highest BCUT2D eigenvalue weighted by Crippen LogP contribution is 2.31. The second kappa shape index (κ2) is 14.7. The number of urea groups is 1. The average molecular weight is 733 g/mol. The Morgan fingerprint density at radius 2 is 1.28 bits per heavy atom. The molecule has 8 rings (SSSR count). The molecule has 270 valence electrons. The number of nitrogens with two attached hydrogens (primary N) is 1. The van der Waals surface area contributed by atoms with Crippen LogP contribution in [0.1, 0.15) is 16.2 Å². The summed E-state index contributed by atoms with van der Waals surface area (Å²) >= 11 is 0. The summed E-state index contributed by atoms with van der Waals surface area (Å²) in [5, 5.41) is 27.7. The number of fused-ring (bicyclic) bond motifs is 2. The molecule has 5 aromatic carbocycles. The smallest absolute Gasteiger partial charge is 0.366 e. The number of aromatic nitrogens is 7. The van der Waals surface area contributed by atoms with Crippen molar-refractivity contribution in [3.63, 3.8) is 0 Å². The Morgan fingerprint density at radius 3 is 1.98 bits per heavy atom. The van der Waals surface area contributed by atoms with Gasteiger partial charge in [-0.15, -0.1) is 0 Å². The van der Waals surface area contributed by atoms with E-state index in [2.05, 4.69) is 46.2 Å². The second-order valence-corrected chi connectivity index (χ2v) is 12.0. The summed E-state index contributed by atoms with van der Waals surface area (Å²) in [5.41, 5.74) is 12.0. The standard InChI is InChI=1S/C21H17N5O2.C17H11F4N5/c22-20(27)14-9-10-18-17(12-14)19(26-25-18)13-5-4-8-16(11-13)24-21(28)23-15-6-2-1-3-7-15;18-11-4-1-9(2-5-11)15-12-7-10(3-6-13(12)23-25-15)16-22-14(24-26-16)8-17(19,20)21/h1-12H,(H2,22,27)(H,25,26)(H2,23,24,28);1-7H,8H2,(H,23,25)(H,22,24,26). The summed E-state index contributed by atoms with van der Waals surface area (Å²) in [5.74, 6) is -0.940. The second-order valence-electron chi connectivity index (χ2n) is 12.0. The van der Waals surface area contributed by atoms with Gasteiger partial charge in [0.25, 0.3) is 0 Å². The molecule has 0 atom stereocenters. The van der Waals surface area contributed by atoms with Gasteiger partial charge in [-0.1, -0.05) is 30.3 Å². The summed E-state index contributed by atoms with van der Waals surface area (Å²) < 4.78 is 50.5. The van der Waals surface area contributed by atoms with Gasteiger partial charge in [0.15, 0.2) is 5.82 Å². The first-order valence-electron chi connectivity index (χ1n) is 16.2. The third-order valence-electron chi connectivity index (χ3n) is 8.11. The number of nitrogens with one attached hydrogen (secondary N) is 5. The quantitative estimate of drug-likeness (QED) is 0.0897. The van der Waals surface area contributed by atoms with Gasteiger partial charge in [0.05, 0.1) is 22.4 Å². The Kier molecular flexibility index (Phi) is 9.55. The third-order valence-corrected chi connectivity index (χ3v) is 8.11. The minimum Gasteiger partial charge on any atom is -0.366 e. The summed E-state index contributed by atoms with van der Waals surface area (Å²) in [7, 11) is 0. The summed E-state index contributed by atoms with van der Waals surface area (Å²) in [4.78, 5) is 27.6. The Bertz CT molecular complexity index is 2600. The predicted molar refractivity (Wildman–Crippen MR) is 196 cm³/mol. The number of para-hydroxylation sites is 1. The summed E-state index contributed by atoms with van der Waals surface area (Å²) in [6.45, 7) is 0. The number of nitrogens with zero attached hydrogens (tertiary/aromatic N) is 4. The maximum atomic E-state index is 13.1. The van der Waals surface area contributed by atoms with Gasteiger partial charge in [-0.05, 0) is 84.9 Å². The van der Waals surface area contributed by atoms with Crippen LogP contribution in [0.4, 0.5) is 33.7 Å². The molecule has 0 fully saturated rings. The number of anilines is 2. The Hall–Kier alpha value is -7.36. The molecule has 8 aromatic rings. The fourth-order valence-corrected chi connectivity index (χ4v) is 5.62. The molecule has 3 amide bonds. The van der Waals surface area contributed by atoms with Crippen LogP contribution in [0.3, 0.4) is 0 Å². The lowest BCUT2D eigenvalue weighted by Crippen LogP contribution is -2.19. The van der Waals surface area contributed by atoms with Crippen LogP contribution in [0.25, 0.3) is 55.7 Å². The number of halogens is 4. The number of hydrogen-bond acceptors (Lipinski definition) is 6. The number of rotatable bonds is 7. The predicted octanol–water partition coefficient (Wildman–Crippen LogP) is 8.23. The van der Waals surface area contributed by atoms with Crippen molar-refractivity contribution in [2.24, 2.45) is 5.73 Å². The van der Waals surface area contributed by atoms with Crippen LogP contribution in [0.15, 0.2) is 115 Å². The lowest BCUT2D eigenvalue weighted by molar-refractivity contribution is -0.128. The topological polar surface area (TPSA) is 183 Å². The van der Waals surface area contributed by atoms with Crippen LogP contribution < -0.4 is 16.4 Å². The van der Waals surface area contributed by atoms with E-state index in [1.54, 1.807) is 54.6 Å². The Morgan fingerprint density at radius 1 is 0.648 bits per heavy atom. The van der Waals surface area contributed by atoms with Crippen LogP contribution in [0.5, 0.6) is 0 Å². The van der Waals surface area contributed by atoms with Gasteiger partial charge in [0, 0.05) is 44.4 Å². The van der Waals surface area contributed by atoms with E-state index in [0.29, 0.717) is 39.5 Å². The molecule has 0 saturated carbocycles. The van der Waals surface area contributed by atoms with E-state index in [0.717, 1.165) is 27.4 Å². The molecule has 7 N–H and O–H groups in total. The van der Waals surface area contributed by atoms with Gasteiger partial charge in [-0.2, -0.15) is 28.5 Å². The maximum absolute atomic E-state index is 13.1. The van der Waals surface area contributed by atoms with Gasteiger partial charge < -0.3 is 16.4 Å². The van der Waals surface area contributed by atoms with Gasteiger partial charge in [-0.25, -0.2) is 14.2 Å². The van der Waals surface area contributed by atoms with Crippen LogP contribution in [0, 0.1) is 5.82 Å². The molecular weight excluding hydrogens is 704 g/mol. The van der Waals surface area contributed by atoms with E-state index in [4.69, 9.17) is 5.73 Å². The van der Waals surface area contributed by atoms with Crippen LogP contribution in [-0.4, -0.2) is 53.7 Å². The average Bonchev–Trinajstić information content (AvgIpc) is 3.90. The van der Waals surface area contributed by atoms with E-state index >= 15 is 0 Å². The number of carbonyl (C=O) groups is 2. The molecule has 0 aliphatic rings. The van der Waals surface area contributed by atoms with Gasteiger partial charge in [0.2, 0.25) is 5.91 Å². The van der Waals surface area contributed by atoms with E-state index in [9.17, 15) is 27.2 Å². The first kappa shape index (κ1) is 35.1. The third kappa shape index (κ3) is 8.07. The largest absolute Gasteiger partial charge is 0.396 e. The van der Waals surface area contributed by atoms with Gasteiger partial charge in [0.1, 0.15) is 18.1 Å². The number of hydrogen-bond donors (Lipinski definition) is 6. The number of benzene rings is 5. The van der Waals surface area contributed by atoms with Crippen molar-refractivity contribution in [3.8, 4) is 33.9 Å². The molecule has 3 aromatic heterocycles. The maximum Gasteiger partial charge on any atom is 0.396 e. The van der Waals surface area contributed by atoms with Gasteiger partial charge in [-0.3, -0.25) is 20.1 Å². The van der Waals surface area contributed by atoms with Crippen LogP contribution in [-0.2, 0) is 6.42 Å². The molecule has 54 heavy (non-hydrogen) atoms. The highest BCUT2D eigenvalue weighted by molar-refractivity contribution is 6.02. The van der Waals surface area contributed by atoms with E-state index in [1.165, 1.54) is 12.1 Å². The molecule has 0 spiro atoms. The first-order chi connectivity index (χ1) is 26.0. The van der Waals surface area contributed by atoms with Crippen molar-refractivity contribution in [3.05, 3.63) is 132 Å². The van der Waals surface area contributed by atoms with E-state index in [-0.39, 0.29) is 23.5 Å². The number of alkyl halides is 3. The van der Waals surface area contributed by atoms with Crippen molar-refractivity contribution < 1.29 is 27.2 Å². The summed E-state index contributed by atoms with van der Waals surface area (Å²) in [6, 6.07) is 32.3. The van der Waals surface area contributed by atoms with Crippen molar-refractivity contribution in [2.45, 2.75) is 12.6 Å². The SMILES string of the molecule is Fc1ccc(-c2n[nH]c3ccc(-c4n[nH]c(CC(F)(F)F)n4)cc23)cc1.NC(=O)c1ccc2[nH]nc(-c3cccc(NC(=O)Nc4ccccc4)c3)c2c1. The number of aromatic amines is 3. The molecular formula is C38H28F4N10O2. The highest BCUT2D eigenvalue weighted by atomic mass is 19.4. The normalized spacial score (nSPS) is 11.3. The van der Waals surface area contributed by atoms with E-state index < -0.39 is 18.5 Å². The molecule has 12 nitrogen and oxygen atoms in total. The molecule has 0 aliphatic carbocycles. The zero-order valence-corrected chi connectivity index (χ0v) is 27.9. The van der Waals surface area contributed by atoms with Crippen LogP contribution in [0.2, 0.25) is 0 Å². The molecule has 0 unspecified atom stereocenters. The van der Waals surface area contributed by atoms with Crippen molar-refractivity contribution in [2.75, 3.05) is 10.6 Å². The van der Waals surface area contributed by atoms with Crippen molar-refractivity contribution in [1.82, 2.24) is 35.6 Å². The fraction of sp³-hybridized carbons (Fsp3) is 0.0526. The highest BCUT2D eigenvalue weighted by Gasteiger charge is 2.29. The number of carbonyl (C=O) groups excluding carboxylic acids is 2. The number of H-pyrrole nitrogens is 3. The molecule has 0 radical (unpaired) electrons. The van der Waals surface area contributed by atoms with E-state index in [1.807, 2.05) is 48.5 Å². The molecule has 0 saturated heterocycles. The number of amides is 3. The molecule has 3 heterocycles. The molecule has 0 aliphatic heterocycles. The minimum absolute atomic E-state index is 0.164. The van der Waals surface area contributed by atoms with Crippen molar-refractivity contribution in [1.29, 1.82) is 0 Å². The molecule has 0 bridgehead atoms. The minimum atomic E-state index is -4.36. The lowest BCUT2D eigenvalue weighted by Gasteiger charge is -2.08. The zero-order chi connectivity index (χ0) is 37.8. The zero-order valence-electron chi connectivity index (χ0n) is 27.9. The Labute approximate surface area is 302 Å². The molecule has 16 heteroatoms. The first-order valence-corrected chi connectivity index (χ1v) is 16.2. The number of primary amides is 1.